The summed E-state index contributed by atoms with van der Waals surface area (Å²) in [5.74, 6) is 1.88. The summed E-state index contributed by atoms with van der Waals surface area (Å²) in [5.41, 5.74) is 5.20. The highest BCUT2D eigenvalue weighted by Gasteiger charge is 2.44. The molecule has 6 rings (SSSR count). The number of fused-ring (bicyclic) bond motifs is 2. The van der Waals surface area contributed by atoms with Crippen molar-refractivity contribution in [3.8, 4) is 0 Å². The van der Waals surface area contributed by atoms with Crippen LogP contribution in [0.3, 0.4) is 0 Å². The molecule has 2 atom stereocenters. The van der Waals surface area contributed by atoms with Gasteiger partial charge in [-0.3, -0.25) is 15.0 Å². The lowest BCUT2D eigenvalue weighted by molar-refractivity contribution is -0.00875. The molecule has 0 amide bonds. The van der Waals surface area contributed by atoms with Gasteiger partial charge in [0.1, 0.15) is 16.8 Å². The van der Waals surface area contributed by atoms with Crippen molar-refractivity contribution in [3.05, 3.63) is 76.5 Å². The molecule has 0 aliphatic carbocycles. The smallest absolute Gasteiger partial charge is 0.148 e. The quantitative estimate of drug-likeness (QED) is 0.358. The number of aromatic amines is 1. The van der Waals surface area contributed by atoms with E-state index < -0.39 is 0 Å². The number of pyridine rings is 2. The molecular formula is C26H31ClN8. The van der Waals surface area contributed by atoms with Gasteiger partial charge in [0.25, 0.3) is 0 Å². The molecule has 3 fully saturated rings. The Morgan fingerprint density at radius 2 is 2.00 bits per heavy atom. The maximum Gasteiger partial charge on any atom is 0.148 e. The van der Waals surface area contributed by atoms with E-state index in [1.54, 1.807) is 0 Å². The maximum absolute atomic E-state index is 5.92. The number of aryl methyl sites for hydroxylation is 1. The Labute approximate surface area is 211 Å². The number of piperidine rings is 1. The van der Waals surface area contributed by atoms with E-state index in [4.69, 9.17) is 21.6 Å². The van der Waals surface area contributed by atoms with Crippen LogP contribution in [-0.2, 0) is 6.54 Å². The number of aromatic nitrogens is 4. The lowest BCUT2D eigenvalue weighted by atomic mass is 9.87. The number of halogens is 1. The second kappa shape index (κ2) is 10.2. The molecule has 8 nitrogen and oxygen atoms in total. The van der Waals surface area contributed by atoms with Crippen LogP contribution in [0.5, 0.6) is 0 Å². The average Bonchev–Trinajstić information content (AvgIpc) is 3.28. The summed E-state index contributed by atoms with van der Waals surface area (Å²) < 4.78 is 0. The van der Waals surface area contributed by atoms with E-state index >= 15 is 0 Å². The van der Waals surface area contributed by atoms with Crippen LogP contribution in [0.4, 0.5) is 11.6 Å². The predicted octanol–water partition coefficient (Wildman–Crippen LogP) is 4.45. The third-order valence-electron chi connectivity index (χ3n) is 6.72. The van der Waals surface area contributed by atoms with Gasteiger partial charge in [0.15, 0.2) is 0 Å². The first-order chi connectivity index (χ1) is 16.9. The number of nitrogens with zero attached hydrogens (tertiary/aromatic N) is 6. The van der Waals surface area contributed by atoms with Gasteiger partial charge >= 0.3 is 0 Å². The Kier molecular flexibility index (Phi) is 6.83. The molecule has 9 heteroatoms. The number of aliphatic imine (C=N–C) groups is 1. The second-order valence-corrected chi connectivity index (χ2v) is 9.76. The van der Waals surface area contributed by atoms with Gasteiger partial charge in [0.2, 0.25) is 0 Å². The molecule has 3 saturated heterocycles. The van der Waals surface area contributed by atoms with Crippen molar-refractivity contribution in [2.24, 2.45) is 4.99 Å². The van der Waals surface area contributed by atoms with E-state index in [0.717, 1.165) is 53.9 Å². The SMILES string of the molecule is CC(=C/CNc1cc(C)[nH]n1)/N=C(\C)c1ccc(N2CC3CC(C2)N3Cc2ccc(Cl)nc2)nc1. The number of hydrogen-bond donors (Lipinski definition) is 2. The fraction of sp³-hybridized carbons (Fsp3) is 0.385. The lowest BCUT2D eigenvalue weighted by Crippen LogP contribution is -2.68. The van der Waals surface area contributed by atoms with E-state index in [9.17, 15) is 0 Å². The number of anilines is 2. The zero-order valence-corrected chi connectivity index (χ0v) is 21.1. The highest BCUT2D eigenvalue weighted by Crippen LogP contribution is 2.35. The Hall–Kier alpha value is -3.23. The van der Waals surface area contributed by atoms with Crippen LogP contribution < -0.4 is 10.2 Å². The van der Waals surface area contributed by atoms with Crippen molar-refractivity contribution in [1.29, 1.82) is 0 Å². The first kappa shape index (κ1) is 23.5. The van der Waals surface area contributed by atoms with E-state index in [2.05, 4.69) is 54.6 Å². The zero-order valence-electron chi connectivity index (χ0n) is 20.4. The number of allylic oxidation sites excluding steroid dienone is 1. The van der Waals surface area contributed by atoms with Gasteiger partial charge in [-0.2, -0.15) is 5.10 Å². The number of hydrogen-bond acceptors (Lipinski definition) is 7. The Morgan fingerprint density at radius 1 is 1.17 bits per heavy atom. The van der Waals surface area contributed by atoms with Crippen LogP contribution in [0.25, 0.3) is 0 Å². The summed E-state index contributed by atoms with van der Waals surface area (Å²) in [6.07, 6.45) is 7.12. The van der Waals surface area contributed by atoms with Gasteiger partial charge in [-0.15, -0.1) is 0 Å². The molecular weight excluding hydrogens is 460 g/mol. The summed E-state index contributed by atoms with van der Waals surface area (Å²) in [6.45, 7) is 9.62. The number of H-pyrrole nitrogens is 1. The fourth-order valence-corrected chi connectivity index (χ4v) is 4.93. The molecule has 35 heavy (non-hydrogen) atoms. The molecule has 2 unspecified atom stereocenters. The molecule has 182 valence electrons. The Balaban J connectivity index is 1.15. The number of rotatable bonds is 8. The monoisotopic (exact) mass is 490 g/mol. The van der Waals surface area contributed by atoms with Crippen LogP contribution in [0.1, 0.15) is 37.1 Å². The van der Waals surface area contributed by atoms with Gasteiger partial charge in [-0.1, -0.05) is 17.7 Å². The summed E-state index contributed by atoms with van der Waals surface area (Å²) >= 11 is 5.92. The fourth-order valence-electron chi connectivity index (χ4n) is 4.82. The predicted molar refractivity (Wildman–Crippen MR) is 141 cm³/mol. The molecule has 2 N–H and O–H groups in total. The van der Waals surface area contributed by atoms with Gasteiger partial charge in [0, 0.05) is 79.4 Å². The standard InChI is InChI=1S/C26H31ClN8/c1-17(8-9-28-25-10-18(2)32-33-25)31-19(3)21-5-7-26(30-13-21)34-15-22-11-23(16-34)35(22)14-20-4-6-24(27)29-12-20/h4-8,10,12-13,22-23H,9,11,14-16H2,1-3H3,(H2,28,32,33)/b17-8-,31-19+. The van der Waals surface area contributed by atoms with Gasteiger partial charge < -0.3 is 10.2 Å². The van der Waals surface area contributed by atoms with Crippen molar-refractivity contribution >= 4 is 28.9 Å². The minimum absolute atomic E-state index is 0.543. The van der Waals surface area contributed by atoms with Crippen molar-refractivity contribution < 1.29 is 0 Å². The van der Waals surface area contributed by atoms with Crippen LogP contribution >= 0.6 is 11.6 Å². The van der Waals surface area contributed by atoms with E-state index in [-0.39, 0.29) is 0 Å². The minimum atomic E-state index is 0.543. The summed E-state index contributed by atoms with van der Waals surface area (Å²) in [5, 5.41) is 10.9. The van der Waals surface area contributed by atoms with E-state index in [1.807, 2.05) is 45.3 Å². The average molecular weight is 491 g/mol. The highest BCUT2D eigenvalue weighted by atomic mass is 35.5. The normalized spacial score (nSPS) is 20.6. The van der Waals surface area contributed by atoms with Crippen LogP contribution in [0, 0.1) is 6.92 Å². The zero-order chi connectivity index (χ0) is 24.4. The third-order valence-corrected chi connectivity index (χ3v) is 6.94. The Bertz CT molecular complexity index is 1200. The first-order valence-electron chi connectivity index (χ1n) is 12.0. The van der Waals surface area contributed by atoms with E-state index in [1.165, 1.54) is 12.0 Å². The van der Waals surface area contributed by atoms with Gasteiger partial charge in [-0.25, -0.2) is 9.97 Å². The third kappa shape index (κ3) is 5.55. The largest absolute Gasteiger partial charge is 0.365 e. The van der Waals surface area contributed by atoms with Crippen molar-refractivity contribution in [2.75, 3.05) is 29.9 Å². The van der Waals surface area contributed by atoms with Crippen LogP contribution in [-0.4, -0.2) is 62.5 Å². The van der Waals surface area contributed by atoms with E-state index in [0.29, 0.717) is 23.8 Å². The first-order valence-corrected chi connectivity index (χ1v) is 12.4. The molecule has 3 aromatic heterocycles. The van der Waals surface area contributed by atoms with Crippen molar-refractivity contribution in [1.82, 2.24) is 25.1 Å². The molecule has 6 heterocycles. The molecule has 0 spiro atoms. The van der Waals surface area contributed by atoms with Crippen molar-refractivity contribution in [2.45, 2.75) is 45.8 Å². The lowest BCUT2D eigenvalue weighted by Gasteiger charge is -2.56. The molecule has 2 bridgehead atoms. The molecule has 3 aromatic rings. The molecule has 0 radical (unpaired) electrons. The number of nitrogens with one attached hydrogen (secondary N) is 2. The summed E-state index contributed by atoms with van der Waals surface area (Å²) in [4.78, 5) is 18.7. The molecule has 0 saturated carbocycles. The molecule has 3 aliphatic rings. The van der Waals surface area contributed by atoms with Crippen LogP contribution in [0.2, 0.25) is 5.15 Å². The van der Waals surface area contributed by atoms with Crippen molar-refractivity contribution in [3.63, 3.8) is 0 Å². The molecule has 0 aromatic carbocycles. The molecule has 3 aliphatic heterocycles. The van der Waals surface area contributed by atoms with Crippen LogP contribution in [0.15, 0.2) is 59.5 Å². The Morgan fingerprint density at radius 3 is 2.66 bits per heavy atom. The highest BCUT2D eigenvalue weighted by molar-refractivity contribution is 6.29. The maximum atomic E-state index is 5.92. The summed E-state index contributed by atoms with van der Waals surface area (Å²) in [6, 6.07) is 11.3. The summed E-state index contributed by atoms with van der Waals surface area (Å²) in [7, 11) is 0. The van der Waals surface area contributed by atoms with Gasteiger partial charge in [-0.05, 0) is 57.0 Å². The topological polar surface area (TPSA) is 85.3 Å². The number of piperazine rings is 1. The van der Waals surface area contributed by atoms with Gasteiger partial charge in [0.05, 0.1) is 0 Å². The minimum Gasteiger partial charge on any atom is -0.365 e. The second-order valence-electron chi connectivity index (χ2n) is 9.37.